The summed E-state index contributed by atoms with van der Waals surface area (Å²) in [5, 5.41) is 9.38. The normalized spacial score (nSPS) is 14.7. The Labute approximate surface area is 89.2 Å². The van der Waals surface area contributed by atoms with Crippen molar-refractivity contribution in [2.45, 2.75) is 32.8 Å². The number of aromatic nitrogens is 2. The van der Waals surface area contributed by atoms with Crippen molar-refractivity contribution in [3.05, 3.63) is 11.8 Å². The van der Waals surface area contributed by atoms with E-state index in [0.717, 1.165) is 5.69 Å². The first-order chi connectivity index (χ1) is 7.01. The molecule has 0 fully saturated rings. The van der Waals surface area contributed by atoms with Crippen LogP contribution in [-0.2, 0) is 9.53 Å². The smallest absolute Gasteiger partial charge is 0.257 e. The Balaban J connectivity index is 2.70. The highest BCUT2D eigenvalue weighted by Crippen LogP contribution is 2.16. The van der Waals surface area contributed by atoms with Gasteiger partial charge in [-0.05, 0) is 20.3 Å². The second-order valence-corrected chi connectivity index (χ2v) is 3.68. The van der Waals surface area contributed by atoms with E-state index in [1.54, 1.807) is 13.0 Å². The quantitative estimate of drug-likeness (QED) is 0.792. The SMILES string of the molecule is CCC(C)(OC)C(=O)Nc1cc(C)[nH]n1. The number of aromatic amines is 1. The molecule has 0 aliphatic carbocycles. The zero-order valence-corrected chi connectivity index (χ0v) is 9.55. The van der Waals surface area contributed by atoms with Crippen molar-refractivity contribution in [2.75, 3.05) is 12.4 Å². The molecule has 84 valence electrons. The summed E-state index contributed by atoms with van der Waals surface area (Å²) >= 11 is 0. The predicted octanol–water partition coefficient (Wildman–Crippen LogP) is 1.47. The molecule has 1 rings (SSSR count). The van der Waals surface area contributed by atoms with Crippen molar-refractivity contribution < 1.29 is 9.53 Å². The van der Waals surface area contributed by atoms with Crippen molar-refractivity contribution in [1.29, 1.82) is 0 Å². The summed E-state index contributed by atoms with van der Waals surface area (Å²) in [6.07, 6.45) is 0.610. The summed E-state index contributed by atoms with van der Waals surface area (Å²) in [5.74, 6) is 0.341. The van der Waals surface area contributed by atoms with Crippen LogP contribution in [0.3, 0.4) is 0 Å². The number of nitrogens with zero attached hydrogens (tertiary/aromatic N) is 1. The van der Waals surface area contributed by atoms with Gasteiger partial charge in [-0.2, -0.15) is 5.10 Å². The lowest BCUT2D eigenvalue weighted by Gasteiger charge is -2.24. The molecule has 0 bridgehead atoms. The van der Waals surface area contributed by atoms with Gasteiger partial charge >= 0.3 is 0 Å². The number of hydrogen-bond acceptors (Lipinski definition) is 3. The monoisotopic (exact) mass is 211 g/mol. The van der Waals surface area contributed by atoms with E-state index in [9.17, 15) is 4.79 Å². The Morgan fingerprint density at radius 3 is 2.80 bits per heavy atom. The second kappa shape index (κ2) is 4.44. The van der Waals surface area contributed by atoms with Crippen molar-refractivity contribution in [3.63, 3.8) is 0 Å². The topological polar surface area (TPSA) is 67.0 Å². The first-order valence-corrected chi connectivity index (χ1v) is 4.90. The van der Waals surface area contributed by atoms with E-state index < -0.39 is 5.60 Å². The number of H-pyrrole nitrogens is 1. The van der Waals surface area contributed by atoms with Gasteiger partial charge in [0.15, 0.2) is 5.82 Å². The lowest BCUT2D eigenvalue weighted by atomic mass is 10.0. The zero-order valence-electron chi connectivity index (χ0n) is 9.55. The van der Waals surface area contributed by atoms with Crippen LogP contribution in [0.15, 0.2) is 6.07 Å². The molecular formula is C10H17N3O2. The number of hydrogen-bond donors (Lipinski definition) is 2. The molecule has 0 saturated heterocycles. The molecule has 1 aromatic rings. The molecule has 1 amide bonds. The van der Waals surface area contributed by atoms with Crippen molar-refractivity contribution in [2.24, 2.45) is 0 Å². The molecule has 1 unspecified atom stereocenters. The number of carbonyl (C=O) groups is 1. The summed E-state index contributed by atoms with van der Waals surface area (Å²) in [4.78, 5) is 11.8. The van der Waals surface area contributed by atoms with E-state index >= 15 is 0 Å². The summed E-state index contributed by atoms with van der Waals surface area (Å²) in [5.41, 5.74) is 0.105. The van der Waals surface area contributed by atoms with Crippen molar-refractivity contribution >= 4 is 11.7 Å². The van der Waals surface area contributed by atoms with E-state index in [4.69, 9.17) is 4.74 Å². The van der Waals surface area contributed by atoms with Gasteiger partial charge in [0.1, 0.15) is 5.60 Å². The number of carbonyl (C=O) groups excluding carboxylic acids is 1. The average molecular weight is 211 g/mol. The number of amides is 1. The fourth-order valence-corrected chi connectivity index (χ4v) is 1.13. The van der Waals surface area contributed by atoms with Gasteiger partial charge in [0.2, 0.25) is 0 Å². The third-order valence-corrected chi connectivity index (χ3v) is 2.55. The zero-order chi connectivity index (χ0) is 11.5. The number of anilines is 1. The maximum atomic E-state index is 11.8. The molecule has 5 nitrogen and oxygen atoms in total. The molecule has 0 spiro atoms. The summed E-state index contributed by atoms with van der Waals surface area (Å²) in [7, 11) is 1.53. The predicted molar refractivity (Wildman–Crippen MR) is 57.7 cm³/mol. The molecular weight excluding hydrogens is 194 g/mol. The van der Waals surface area contributed by atoms with Gasteiger partial charge in [0.05, 0.1) is 0 Å². The van der Waals surface area contributed by atoms with Crippen LogP contribution in [0.5, 0.6) is 0 Å². The van der Waals surface area contributed by atoms with Gasteiger partial charge in [-0.15, -0.1) is 0 Å². The maximum absolute atomic E-state index is 11.8. The molecule has 1 atom stereocenters. The minimum Gasteiger partial charge on any atom is -0.369 e. The van der Waals surface area contributed by atoms with Crippen LogP contribution >= 0.6 is 0 Å². The van der Waals surface area contributed by atoms with Crippen LogP contribution in [0, 0.1) is 6.92 Å². The third kappa shape index (κ3) is 2.56. The van der Waals surface area contributed by atoms with Crippen LogP contribution in [0.4, 0.5) is 5.82 Å². The second-order valence-electron chi connectivity index (χ2n) is 3.68. The van der Waals surface area contributed by atoms with Gasteiger partial charge in [0.25, 0.3) is 5.91 Å². The first kappa shape index (κ1) is 11.7. The van der Waals surface area contributed by atoms with Gasteiger partial charge in [-0.3, -0.25) is 9.89 Å². The first-order valence-electron chi connectivity index (χ1n) is 4.90. The number of nitrogens with one attached hydrogen (secondary N) is 2. The Kier molecular flexibility index (Phi) is 3.47. The molecule has 15 heavy (non-hydrogen) atoms. The molecule has 0 aliphatic heterocycles. The lowest BCUT2D eigenvalue weighted by molar-refractivity contribution is -0.136. The van der Waals surface area contributed by atoms with Crippen LogP contribution in [0.1, 0.15) is 26.0 Å². The number of ether oxygens (including phenoxy) is 1. The largest absolute Gasteiger partial charge is 0.369 e. The fraction of sp³-hybridized carbons (Fsp3) is 0.600. The number of methoxy groups -OCH3 is 1. The Hall–Kier alpha value is -1.36. The molecule has 1 aromatic heterocycles. The Bertz CT molecular complexity index is 342. The van der Waals surface area contributed by atoms with Gasteiger partial charge in [-0.1, -0.05) is 6.92 Å². The molecule has 0 saturated carbocycles. The molecule has 0 aromatic carbocycles. The van der Waals surface area contributed by atoms with E-state index in [2.05, 4.69) is 15.5 Å². The van der Waals surface area contributed by atoms with Crippen LogP contribution in [-0.4, -0.2) is 28.8 Å². The van der Waals surface area contributed by atoms with Crippen LogP contribution < -0.4 is 5.32 Å². The van der Waals surface area contributed by atoms with E-state index in [-0.39, 0.29) is 5.91 Å². The molecule has 1 heterocycles. The molecule has 0 aliphatic rings. The highest BCUT2D eigenvalue weighted by molar-refractivity contribution is 5.96. The Morgan fingerprint density at radius 1 is 1.73 bits per heavy atom. The minimum absolute atomic E-state index is 0.181. The van der Waals surface area contributed by atoms with E-state index in [1.807, 2.05) is 13.8 Å². The maximum Gasteiger partial charge on any atom is 0.257 e. The summed E-state index contributed by atoms with van der Waals surface area (Å²) in [6, 6.07) is 1.77. The fourth-order valence-electron chi connectivity index (χ4n) is 1.13. The third-order valence-electron chi connectivity index (χ3n) is 2.55. The summed E-state index contributed by atoms with van der Waals surface area (Å²) < 4.78 is 5.18. The minimum atomic E-state index is -0.799. The average Bonchev–Trinajstić information content (AvgIpc) is 2.62. The van der Waals surface area contributed by atoms with Crippen LogP contribution in [0.25, 0.3) is 0 Å². The number of rotatable bonds is 4. The van der Waals surface area contributed by atoms with Crippen molar-refractivity contribution in [3.8, 4) is 0 Å². The number of aryl methyl sites for hydroxylation is 1. The van der Waals surface area contributed by atoms with E-state index in [1.165, 1.54) is 7.11 Å². The molecule has 2 N–H and O–H groups in total. The van der Waals surface area contributed by atoms with Gasteiger partial charge in [0, 0.05) is 18.9 Å². The highest BCUT2D eigenvalue weighted by Gasteiger charge is 2.31. The van der Waals surface area contributed by atoms with Crippen molar-refractivity contribution in [1.82, 2.24) is 10.2 Å². The standard InChI is InChI=1S/C10H17N3O2/c1-5-10(3,15-4)9(14)11-8-6-7(2)12-13-8/h6H,5H2,1-4H3,(H2,11,12,13,14). The summed E-state index contributed by atoms with van der Waals surface area (Å²) in [6.45, 7) is 5.53. The Morgan fingerprint density at radius 2 is 2.40 bits per heavy atom. The molecule has 5 heteroatoms. The molecule has 0 radical (unpaired) electrons. The highest BCUT2D eigenvalue weighted by atomic mass is 16.5. The van der Waals surface area contributed by atoms with Crippen LogP contribution in [0.2, 0.25) is 0 Å². The van der Waals surface area contributed by atoms with Gasteiger partial charge in [-0.25, -0.2) is 0 Å². The lowest BCUT2D eigenvalue weighted by Crippen LogP contribution is -2.41. The van der Waals surface area contributed by atoms with Gasteiger partial charge < -0.3 is 10.1 Å². The van der Waals surface area contributed by atoms with E-state index in [0.29, 0.717) is 12.2 Å².